The Balaban J connectivity index is 1.45. The Morgan fingerprint density at radius 1 is 1.00 bits per heavy atom. The van der Waals surface area contributed by atoms with E-state index in [4.69, 9.17) is 9.15 Å². The van der Waals surface area contributed by atoms with Gasteiger partial charge in [0.05, 0.1) is 5.60 Å². The second-order valence-electron chi connectivity index (χ2n) is 7.27. The van der Waals surface area contributed by atoms with Crippen LogP contribution in [0.5, 0.6) is 0 Å². The third-order valence-electron chi connectivity index (χ3n) is 5.53. The fourth-order valence-corrected chi connectivity index (χ4v) is 4.07. The molecule has 2 aliphatic rings. The van der Waals surface area contributed by atoms with Gasteiger partial charge in [-0.25, -0.2) is 0 Å². The van der Waals surface area contributed by atoms with E-state index >= 15 is 0 Å². The number of carbonyl (C=O) groups excluding carboxylic acids is 1. The number of nitrogens with zero attached hydrogens (tertiary/aromatic N) is 1. The summed E-state index contributed by atoms with van der Waals surface area (Å²) in [4.78, 5) is 14.9. The van der Waals surface area contributed by atoms with Crippen molar-refractivity contribution in [2.75, 3.05) is 19.7 Å². The zero-order valence-corrected chi connectivity index (χ0v) is 14.8. The summed E-state index contributed by atoms with van der Waals surface area (Å²) in [6.07, 6.45) is 5.36. The first kappa shape index (κ1) is 16.4. The molecule has 0 radical (unpaired) electrons. The number of ether oxygens (including phenoxy) is 1. The molecular weight excluding hydrogens is 314 g/mol. The quantitative estimate of drug-likeness (QED) is 0.813. The Hall–Kier alpha value is -2.07. The first-order valence-corrected chi connectivity index (χ1v) is 9.25. The van der Waals surface area contributed by atoms with Crippen LogP contribution >= 0.6 is 0 Å². The van der Waals surface area contributed by atoms with Gasteiger partial charge in [0.25, 0.3) is 5.91 Å². The number of benzene rings is 1. The van der Waals surface area contributed by atoms with E-state index in [1.807, 2.05) is 48.2 Å². The van der Waals surface area contributed by atoms with E-state index in [1.165, 1.54) is 0 Å². The standard InChI is InChI=1S/C21H25NO3/c1-16-4-9-19(25-16)17-5-7-18(8-6-17)20(23)22-13-2-10-21(12-14-22)11-3-15-24-21/h4-9H,2-3,10-15H2,1H3. The van der Waals surface area contributed by atoms with Gasteiger partial charge < -0.3 is 14.1 Å². The Labute approximate surface area is 148 Å². The maximum atomic E-state index is 12.9. The van der Waals surface area contributed by atoms with Gasteiger partial charge >= 0.3 is 0 Å². The second-order valence-corrected chi connectivity index (χ2v) is 7.27. The number of likely N-dealkylation sites (tertiary alicyclic amines) is 1. The smallest absolute Gasteiger partial charge is 0.253 e. The lowest BCUT2D eigenvalue weighted by Gasteiger charge is -2.27. The maximum Gasteiger partial charge on any atom is 0.253 e. The fraction of sp³-hybridized carbons (Fsp3) is 0.476. The van der Waals surface area contributed by atoms with Crippen LogP contribution in [0.1, 0.15) is 48.2 Å². The van der Waals surface area contributed by atoms with Gasteiger partial charge in [0, 0.05) is 30.8 Å². The molecule has 1 spiro atoms. The molecule has 2 fully saturated rings. The minimum Gasteiger partial charge on any atom is -0.461 e. The summed E-state index contributed by atoms with van der Waals surface area (Å²) in [5.41, 5.74) is 1.78. The van der Waals surface area contributed by atoms with Crippen molar-refractivity contribution >= 4 is 5.91 Å². The van der Waals surface area contributed by atoms with E-state index in [2.05, 4.69) is 0 Å². The summed E-state index contributed by atoms with van der Waals surface area (Å²) in [5.74, 6) is 1.85. The minimum absolute atomic E-state index is 0.0377. The van der Waals surface area contributed by atoms with Crippen molar-refractivity contribution < 1.29 is 13.9 Å². The van der Waals surface area contributed by atoms with Crippen molar-refractivity contribution in [1.82, 2.24) is 4.90 Å². The fourth-order valence-electron chi connectivity index (χ4n) is 4.07. The lowest BCUT2D eigenvalue weighted by Crippen LogP contribution is -2.34. The average Bonchev–Trinajstić information content (AvgIpc) is 3.21. The minimum atomic E-state index is 0.0377. The summed E-state index contributed by atoms with van der Waals surface area (Å²) in [7, 11) is 0. The molecule has 0 bridgehead atoms. The molecule has 132 valence electrons. The molecule has 0 N–H and O–H groups in total. The van der Waals surface area contributed by atoms with E-state index < -0.39 is 0 Å². The van der Waals surface area contributed by atoms with Crippen LogP contribution in [-0.2, 0) is 4.74 Å². The summed E-state index contributed by atoms with van der Waals surface area (Å²) >= 11 is 0. The van der Waals surface area contributed by atoms with Crippen LogP contribution in [0.3, 0.4) is 0 Å². The molecule has 4 rings (SSSR count). The topological polar surface area (TPSA) is 42.7 Å². The SMILES string of the molecule is Cc1ccc(-c2ccc(C(=O)N3CCCC4(CCCO4)CC3)cc2)o1. The molecule has 2 aromatic rings. The molecule has 3 heterocycles. The molecule has 2 saturated heterocycles. The largest absolute Gasteiger partial charge is 0.461 e. The Bertz CT molecular complexity index is 741. The highest BCUT2D eigenvalue weighted by molar-refractivity contribution is 5.94. The van der Waals surface area contributed by atoms with Crippen LogP contribution in [0.4, 0.5) is 0 Å². The number of rotatable bonds is 2. The van der Waals surface area contributed by atoms with Gasteiger partial charge in [-0.3, -0.25) is 4.79 Å². The first-order chi connectivity index (χ1) is 12.2. The second kappa shape index (κ2) is 6.68. The maximum absolute atomic E-state index is 12.9. The van der Waals surface area contributed by atoms with Gasteiger partial charge in [0.2, 0.25) is 0 Å². The molecular formula is C21H25NO3. The number of amides is 1. The third-order valence-corrected chi connectivity index (χ3v) is 5.53. The van der Waals surface area contributed by atoms with Crippen molar-refractivity contribution in [2.45, 2.75) is 44.6 Å². The molecule has 0 saturated carbocycles. The molecule has 25 heavy (non-hydrogen) atoms. The van der Waals surface area contributed by atoms with E-state index in [0.29, 0.717) is 0 Å². The van der Waals surface area contributed by atoms with E-state index in [0.717, 1.165) is 74.4 Å². The van der Waals surface area contributed by atoms with Gasteiger partial charge in [-0.15, -0.1) is 0 Å². The molecule has 1 amide bonds. The molecule has 0 aliphatic carbocycles. The Kier molecular flexibility index (Phi) is 4.38. The van der Waals surface area contributed by atoms with Crippen LogP contribution in [0.2, 0.25) is 0 Å². The predicted octanol–water partition coefficient (Wildman–Crippen LogP) is 4.43. The molecule has 4 heteroatoms. The lowest BCUT2D eigenvalue weighted by atomic mass is 9.92. The summed E-state index contributed by atoms with van der Waals surface area (Å²) in [6.45, 7) is 4.42. The highest BCUT2D eigenvalue weighted by Gasteiger charge is 2.37. The van der Waals surface area contributed by atoms with Gasteiger partial charge in [0.15, 0.2) is 0 Å². The van der Waals surface area contributed by atoms with Crippen molar-refractivity contribution in [3.8, 4) is 11.3 Å². The monoisotopic (exact) mass is 339 g/mol. The highest BCUT2D eigenvalue weighted by Crippen LogP contribution is 2.36. The van der Waals surface area contributed by atoms with Crippen LogP contribution in [0, 0.1) is 6.92 Å². The number of hydrogen-bond donors (Lipinski definition) is 0. The Morgan fingerprint density at radius 3 is 2.48 bits per heavy atom. The summed E-state index contributed by atoms with van der Waals surface area (Å²) in [6, 6.07) is 11.6. The van der Waals surface area contributed by atoms with Gasteiger partial charge in [-0.05, 0) is 63.3 Å². The number of hydrogen-bond acceptors (Lipinski definition) is 3. The van der Waals surface area contributed by atoms with Crippen molar-refractivity contribution in [3.05, 3.63) is 47.7 Å². The van der Waals surface area contributed by atoms with E-state index in [-0.39, 0.29) is 11.5 Å². The summed E-state index contributed by atoms with van der Waals surface area (Å²) in [5, 5.41) is 0. The van der Waals surface area contributed by atoms with Gasteiger partial charge in [0.1, 0.15) is 11.5 Å². The molecule has 1 atom stereocenters. The number of carbonyl (C=O) groups is 1. The van der Waals surface area contributed by atoms with Crippen LogP contribution in [0.15, 0.2) is 40.8 Å². The van der Waals surface area contributed by atoms with Crippen LogP contribution in [0.25, 0.3) is 11.3 Å². The van der Waals surface area contributed by atoms with Crippen molar-refractivity contribution in [1.29, 1.82) is 0 Å². The molecule has 4 nitrogen and oxygen atoms in total. The molecule has 1 unspecified atom stereocenters. The summed E-state index contributed by atoms with van der Waals surface area (Å²) < 4.78 is 11.7. The zero-order valence-electron chi connectivity index (χ0n) is 14.8. The third kappa shape index (κ3) is 3.36. The van der Waals surface area contributed by atoms with Crippen LogP contribution in [-0.4, -0.2) is 36.1 Å². The molecule has 2 aliphatic heterocycles. The number of furan rings is 1. The molecule has 1 aromatic carbocycles. The van der Waals surface area contributed by atoms with Crippen molar-refractivity contribution in [3.63, 3.8) is 0 Å². The van der Waals surface area contributed by atoms with E-state index in [1.54, 1.807) is 0 Å². The Morgan fingerprint density at radius 2 is 1.80 bits per heavy atom. The van der Waals surface area contributed by atoms with Crippen molar-refractivity contribution in [2.24, 2.45) is 0 Å². The zero-order chi connectivity index (χ0) is 17.3. The van der Waals surface area contributed by atoms with Gasteiger partial charge in [-0.2, -0.15) is 0 Å². The van der Waals surface area contributed by atoms with E-state index in [9.17, 15) is 4.79 Å². The van der Waals surface area contributed by atoms with Crippen LogP contribution < -0.4 is 0 Å². The number of aryl methyl sites for hydroxylation is 1. The predicted molar refractivity (Wildman–Crippen MR) is 96.6 cm³/mol. The normalized spacial score (nSPS) is 23.8. The molecule has 1 aromatic heterocycles. The average molecular weight is 339 g/mol. The first-order valence-electron chi connectivity index (χ1n) is 9.25. The lowest BCUT2D eigenvalue weighted by molar-refractivity contribution is -0.00691. The highest BCUT2D eigenvalue weighted by atomic mass is 16.5. The van der Waals surface area contributed by atoms with Gasteiger partial charge in [-0.1, -0.05) is 12.1 Å².